The van der Waals surface area contributed by atoms with Crippen LogP contribution in [0.2, 0.25) is 0 Å². The molecule has 2 heterocycles. The molecule has 0 atom stereocenters. The topological polar surface area (TPSA) is 24.9 Å². The quantitative estimate of drug-likeness (QED) is 0.680. The molecule has 1 aromatic rings. The summed E-state index contributed by atoms with van der Waals surface area (Å²) in [5, 5.41) is 3.01. The van der Waals surface area contributed by atoms with Crippen molar-refractivity contribution in [3.05, 3.63) is 35.6 Å². The molecule has 0 saturated heterocycles. The smallest absolute Gasteiger partial charge is 0.133 e. The van der Waals surface area contributed by atoms with Crippen LogP contribution in [0.15, 0.2) is 24.5 Å². The van der Waals surface area contributed by atoms with Crippen LogP contribution in [-0.4, -0.2) is 4.98 Å². The van der Waals surface area contributed by atoms with E-state index in [1.54, 1.807) is 0 Å². The number of fused-ring (bicyclic) bond motifs is 1. The molecule has 0 aliphatic carbocycles. The molecule has 74 valence electrons. The zero-order valence-corrected chi connectivity index (χ0v) is 8.86. The van der Waals surface area contributed by atoms with Gasteiger partial charge in [0.15, 0.2) is 0 Å². The molecule has 1 N–H and O–H groups in total. The van der Waals surface area contributed by atoms with Gasteiger partial charge >= 0.3 is 0 Å². The van der Waals surface area contributed by atoms with E-state index in [1.807, 2.05) is 20.8 Å². The fourth-order valence-electron chi connectivity index (χ4n) is 1.43. The number of hydrogen-bond acceptors (Lipinski definition) is 2. The van der Waals surface area contributed by atoms with Crippen molar-refractivity contribution >= 4 is 5.82 Å². The molecule has 0 bridgehead atoms. The van der Waals surface area contributed by atoms with E-state index >= 15 is 0 Å². The van der Waals surface area contributed by atoms with Crippen LogP contribution >= 0.6 is 0 Å². The maximum atomic E-state index is 8.17. The maximum absolute atomic E-state index is 8.17. The van der Waals surface area contributed by atoms with Gasteiger partial charge in [-0.15, -0.1) is 0 Å². The van der Waals surface area contributed by atoms with E-state index in [1.165, 1.54) is 0 Å². The Balaban J connectivity index is 2.67. The van der Waals surface area contributed by atoms with Gasteiger partial charge in [0.25, 0.3) is 0 Å². The van der Waals surface area contributed by atoms with Gasteiger partial charge in [0.05, 0.1) is 2.74 Å². The van der Waals surface area contributed by atoms with Crippen molar-refractivity contribution in [1.29, 1.82) is 0 Å². The standard InChI is InChI=1S/C12H16N2/c1-8-5-9-6-10(12(2,3)4)7-13-11(9)14-8/h6-7H,1,5H2,2-4H3,(H,13,14)/i6D,7D. The Labute approximate surface area is 87.9 Å². The van der Waals surface area contributed by atoms with E-state index in [0.717, 1.165) is 11.3 Å². The lowest BCUT2D eigenvalue weighted by atomic mass is 9.87. The fraction of sp³-hybridized carbons (Fsp3) is 0.417. The molecular formula is C12H16N2. The number of rotatable bonds is 0. The Morgan fingerprint density at radius 2 is 2.29 bits per heavy atom. The fourth-order valence-corrected chi connectivity index (χ4v) is 1.43. The number of hydrogen-bond donors (Lipinski definition) is 1. The van der Waals surface area contributed by atoms with Gasteiger partial charge < -0.3 is 5.32 Å². The van der Waals surface area contributed by atoms with Gasteiger partial charge in [-0.3, -0.25) is 0 Å². The number of aromatic nitrogens is 1. The van der Waals surface area contributed by atoms with Gasteiger partial charge in [0.2, 0.25) is 0 Å². The van der Waals surface area contributed by atoms with E-state index in [-0.39, 0.29) is 11.6 Å². The Morgan fingerprint density at radius 3 is 2.93 bits per heavy atom. The first-order valence-corrected chi connectivity index (χ1v) is 4.76. The Bertz CT molecular complexity index is 473. The zero-order chi connectivity index (χ0) is 12.1. The van der Waals surface area contributed by atoms with Gasteiger partial charge in [-0.2, -0.15) is 0 Å². The number of pyridine rings is 1. The lowest BCUT2D eigenvalue weighted by Crippen LogP contribution is -2.11. The van der Waals surface area contributed by atoms with Gasteiger partial charge in [-0.1, -0.05) is 27.4 Å². The minimum atomic E-state index is -0.222. The summed E-state index contributed by atoms with van der Waals surface area (Å²) in [4.78, 5) is 4.21. The van der Waals surface area contributed by atoms with Gasteiger partial charge in [0.1, 0.15) is 5.82 Å². The summed E-state index contributed by atoms with van der Waals surface area (Å²) in [6, 6.07) is 0.439. The third-order valence-electron chi connectivity index (χ3n) is 2.28. The molecule has 0 fully saturated rings. The predicted molar refractivity (Wildman–Crippen MR) is 59.4 cm³/mol. The van der Waals surface area contributed by atoms with Gasteiger partial charge in [-0.05, 0) is 17.0 Å². The normalized spacial score (nSPS) is 17.2. The molecule has 2 heteroatoms. The number of nitrogens with one attached hydrogen (secondary N) is 1. The van der Waals surface area contributed by atoms with Crippen LogP contribution in [0.25, 0.3) is 0 Å². The first-order chi connectivity index (χ1) is 7.30. The molecule has 1 aliphatic heterocycles. The van der Waals surface area contributed by atoms with Crippen molar-refractivity contribution < 1.29 is 2.74 Å². The largest absolute Gasteiger partial charge is 0.344 e. The van der Waals surface area contributed by atoms with Crippen LogP contribution in [0.3, 0.4) is 0 Å². The molecule has 2 rings (SSSR count). The Kier molecular flexibility index (Phi) is 1.43. The van der Waals surface area contributed by atoms with E-state index in [0.29, 0.717) is 23.8 Å². The van der Waals surface area contributed by atoms with Crippen molar-refractivity contribution in [1.82, 2.24) is 4.98 Å². The van der Waals surface area contributed by atoms with Gasteiger partial charge in [0, 0.05) is 23.9 Å². The third kappa shape index (κ3) is 1.52. The molecular weight excluding hydrogens is 172 g/mol. The Morgan fingerprint density at radius 1 is 1.57 bits per heavy atom. The van der Waals surface area contributed by atoms with Crippen molar-refractivity contribution in [2.45, 2.75) is 32.6 Å². The van der Waals surface area contributed by atoms with Crippen LogP contribution in [-0.2, 0) is 11.8 Å². The van der Waals surface area contributed by atoms with Crippen molar-refractivity contribution in [2.24, 2.45) is 0 Å². The maximum Gasteiger partial charge on any atom is 0.133 e. The molecule has 2 nitrogen and oxygen atoms in total. The van der Waals surface area contributed by atoms with Crippen LogP contribution in [0.1, 0.15) is 34.6 Å². The molecule has 0 radical (unpaired) electrons. The average molecular weight is 190 g/mol. The number of allylic oxidation sites excluding steroid dienone is 1. The zero-order valence-electron chi connectivity index (χ0n) is 10.9. The molecule has 0 amide bonds. The number of anilines is 1. The highest BCUT2D eigenvalue weighted by Gasteiger charge is 2.19. The first-order valence-electron chi connectivity index (χ1n) is 5.76. The van der Waals surface area contributed by atoms with Crippen LogP contribution in [0.5, 0.6) is 0 Å². The molecule has 0 spiro atoms. The Hall–Kier alpha value is -1.31. The summed E-state index contributed by atoms with van der Waals surface area (Å²) in [5.41, 5.74) is 2.20. The van der Waals surface area contributed by atoms with Crippen molar-refractivity contribution in [3.63, 3.8) is 0 Å². The van der Waals surface area contributed by atoms with E-state index in [9.17, 15) is 0 Å². The highest BCUT2D eigenvalue weighted by Crippen LogP contribution is 2.29. The second-order valence-corrected chi connectivity index (χ2v) is 4.71. The third-order valence-corrected chi connectivity index (χ3v) is 2.28. The minimum Gasteiger partial charge on any atom is -0.344 e. The lowest BCUT2D eigenvalue weighted by Gasteiger charge is -2.18. The second-order valence-electron chi connectivity index (χ2n) is 4.71. The van der Waals surface area contributed by atoms with Crippen molar-refractivity contribution in [3.8, 4) is 0 Å². The molecule has 1 aliphatic rings. The highest BCUT2D eigenvalue weighted by molar-refractivity contribution is 5.57. The van der Waals surface area contributed by atoms with E-state index in [4.69, 9.17) is 2.74 Å². The first kappa shape index (κ1) is 7.04. The second kappa shape index (κ2) is 2.84. The van der Waals surface area contributed by atoms with Crippen LogP contribution < -0.4 is 5.32 Å². The molecule has 0 saturated carbocycles. The van der Waals surface area contributed by atoms with Crippen molar-refractivity contribution in [2.75, 3.05) is 5.32 Å². The summed E-state index contributed by atoms with van der Waals surface area (Å²) in [5.74, 6) is 0.632. The summed E-state index contributed by atoms with van der Waals surface area (Å²) in [6.45, 7) is 9.85. The molecule has 14 heavy (non-hydrogen) atoms. The van der Waals surface area contributed by atoms with Crippen LogP contribution in [0, 0.1) is 0 Å². The summed E-state index contributed by atoms with van der Waals surface area (Å²) in [7, 11) is 0. The molecule has 0 aromatic carbocycles. The SMILES string of the molecule is [2H]c1nc2c(c([2H])c1C(C)(C)C)CC(=C)N2. The van der Waals surface area contributed by atoms with Crippen LogP contribution in [0.4, 0.5) is 5.82 Å². The average Bonchev–Trinajstić information content (AvgIpc) is 2.43. The van der Waals surface area contributed by atoms with E-state index in [2.05, 4.69) is 16.9 Å². The van der Waals surface area contributed by atoms with E-state index < -0.39 is 0 Å². The summed E-state index contributed by atoms with van der Waals surface area (Å²) >= 11 is 0. The number of nitrogens with zero attached hydrogens (tertiary/aromatic N) is 1. The molecule has 1 aromatic heterocycles. The summed E-state index contributed by atoms with van der Waals surface area (Å²) in [6.07, 6.45) is 0.836. The van der Waals surface area contributed by atoms with Gasteiger partial charge in [-0.25, -0.2) is 4.98 Å². The lowest BCUT2D eigenvalue weighted by molar-refractivity contribution is 0.587. The molecule has 0 unspecified atom stereocenters. The predicted octanol–water partition coefficient (Wildman–Crippen LogP) is 2.86. The highest BCUT2D eigenvalue weighted by atomic mass is 15.0. The monoisotopic (exact) mass is 190 g/mol. The minimum absolute atomic E-state index is 0.193. The summed E-state index contributed by atoms with van der Waals surface area (Å²) < 4.78 is 16.1.